The van der Waals surface area contributed by atoms with Gasteiger partial charge in [0.05, 0.1) is 10.0 Å². The number of anilines is 2. The molecule has 3 rings (SSSR count). The molecule has 1 aliphatic rings. The number of thiocarbonyl (C=S) groups is 1. The highest BCUT2D eigenvalue weighted by Gasteiger charge is 2.18. The fraction of sp³-hybridized carbons (Fsp3) is 0.300. The van der Waals surface area contributed by atoms with Crippen LogP contribution in [-0.2, 0) is 0 Å². The van der Waals surface area contributed by atoms with Gasteiger partial charge in [-0.25, -0.2) is 0 Å². The Morgan fingerprint density at radius 3 is 2.52 bits per heavy atom. The van der Waals surface area contributed by atoms with Gasteiger partial charge in [-0.2, -0.15) is 0 Å². The molecule has 1 amide bonds. The minimum atomic E-state index is -0.343. The maximum atomic E-state index is 12.3. The van der Waals surface area contributed by atoms with Crippen LogP contribution in [0, 0.1) is 0 Å². The molecular weight excluding hydrogens is 401 g/mol. The van der Waals surface area contributed by atoms with Crippen molar-refractivity contribution in [2.24, 2.45) is 0 Å². The second kappa shape index (κ2) is 8.91. The molecule has 0 unspecified atom stereocenters. The number of halogens is 2. The number of rotatable bonds is 3. The maximum Gasteiger partial charge on any atom is 0.257 e. The lowest BCUT2D eigenvalue weighted by molar-refractivity contribution is 0.0977. The standard InChI is InChI=1S/C20H21Cl2N3OS/c1-13-4-2-3-11-25(13)16-8-6-15(7-9-16)23-20(27)24-19(26)14-5-10-17(21)18(22)12-14/h5-10,12-13H,2-4,11H2,1H3,(H2,23,24,26,27)/t13-/m1/s1. The van der Waals surface area contributed by atoms with E-state index in [2.05, 4.69) is 34.6 Å². The van der Waals surface area contributed by atoms with Gasteiger partial charge in [0.15, 0.2) is 5.11 Å². The smallest absolute Gasteiger partial charge is 0.257 e. The molecule has 1 atom stereocenters. The number of amides is 1. The summed E-state index contributed by atoms with van der Waals surface area (Å²) in [6, 6.07) is 13.3. The number of hydrogen-bond acceptors (Lipinski definition) is 3. The summed E-state index contributed by atoms with van der Waals surface area (Å²) in [5.74, 6) is -0.343. The molecule has 2 aromatic rings. The number of hydrogen-bond donors (Lipinski definition) is 2. The molecule has 2 N–H and O–H groups in total. The second-order valence-electron chi connectivity index (χ2n) is 6.62. The first-order valence-corrected chi connectivity index (χ1v) is 10.0. The second-order valence-corrected chi connectivity index (χ2v) is 7.84. The zero-order chi connectivity index (χ0) is 19.4. The molecule has 4 nitrogen and oxygen atoms in total. The Kier molecular flexibility index (Phi) is 6.58. The lowest BCUT2D eigenvalue weighted by atomic mass is 10.0. The van der Waals surface area contributed by atoms with E-state index in [0.29, 0.717) is 21.7 Å². The van der Waals surface area contributed by atoms with Crippen molar-refractivity contribution < 1.29 is 4.79 Å². The number of benzene rings is 2. The average Bonchev–Trinajstić information content (AvgIpc) is 2.65. The predicted molar refractivity (Wildman–Crippen MR) is 117 cm³/mol. The van der Waals surface area contributed by atoms with Gasteiger partial charge in [0.2, 0.25) is 0 Å². The molecule has 0 radical (unpaired) electrons. The van der Waals surface area contributed by atoms with Crippen molar-refractivity contribution in [2.75, 3.05) is 16.8 Å². The normalized spacial score (nSPS) is 16.7. The highest BCUT2D eigenvalue weighted by atomic mass is 35.5. The van der Waals surface area contributed by atoms with Crippen molar-refractivity contribution in [2.45, 2.75) is 32.2 Å². The minimum Gasteiger partial charge on any atom is -0.369 e. The van der Waals surface area contributed by atoms with E-state index < -0.39 is 0 Å². The van der Waals surface area contributed by atoms with Crippen LogP contribution in [0.1, 0.15) is 36.5 Å². The molecular formula is C20H21Cl2N3OS. The van der Waals surface area contributed by atoms with Gasteiger partial charge in [-0.05, 0) is 80.9 Å². The highest BCUT2D eigenvalue weighted by Crippen LogP contribution is 2.26. The van der Waals surface area contributed by atoms with Crippen molar-refractivity contribution >= 4 is 57.8 Å². The zero-order valence-electron chi connectivity index (χ0n) is 15.0. The molecule has 27 heavy (non-hydrogen) atoms. The van der Waals surface area contributed by atoms with Gasteiger partial charge in [0.25, 0.3) is 5.91 Å². The quantitative estimate of drug-likeness (QED) is 0.642. The molecule has 0 aliphatic carbocycles. The monoisotopic (exact) mass is 421 g/mol. The number of piperidine rings is 1. The molecule has 0 saturated carbocycles. The van der Waals surface area contributed by atoms with Crippen LogP contribution < -0.4 is 15.5 Å². The number of carbonyl (C=O) groups is 1. The number of carbonyl (C=O) groups excluding carboxylic acids is 1. The largest absolute Gasteiger partial charge is 0.369 e. The molecule has 7 heteroatoms. The fourth-order valence-electron chi connectivity index (χ4n) is 3.19. The van der Waals surface area contributed by atoms with Crippen LogP contribution in [0.3, 0.4) is 0 Å². The Morgan fingerprint density at radius 2 is 1.85 bits per heavy atom. The summed E-state index contributed by atoms with van der Waals surface area (Å²) in [7, 11) is 0. The van der Waals surface area contributed by atoms with E-state index in [1.54, 1.807) is 12.1 Å². The van der Waals surface area contributed by atoms with Crippen molar-refractivity contribution in [3.63, 3.8) is 0 Å². The Balaban J connectivity index is 1.59. The fourth-order valence-corrected chi connectivity index (χ4v) is 3.70. The van der Waals surface area contributed by atoms with Crippen LogP contribution >= 0.6 is 35.4 Å². The molecule has 1 aliphatic heterocycles. The Hall–Kier alpha value is -1.82. The van der Waals surface area contributed by atoms with Crippen LogP contribution in [0.15, 0.2) is 42.5 Å². The predicted octanol–water partition coefficient (Wildman–Crippen LogP) is 5.50. The summed E-state index contributed by atoms with van der Waals surface area (Å²) in [6.45, 7) is 3.35. The summed E-state index contributed by atoms with van der Waals surface area (Å²) in [4.78, 5) is 14.7. The summed E-state index contributed by atoms with van der Waals surface area (Å²) in [6.07, 6.45) is 3.75. The van der Waals surface area contributed by atoms with E-state index in [4.69, 9.17) is 35.4 Å². The van der Waals surface area contributed by atoms with Gasteiger partial charge in [0.1, 0.15) is 0 Å². The Labute approximate surface area is 174 Å². The molecule has 1 fully saturated rings. The van der Waals surface area contributed by atoms with E-state index in [1.807, 2.05) is 12.1 Å². The first-order chi connectivity index (χ1) is 12.9. The number of nitrogens with zero attached hydrogens (tertiary/aromatic N) is 1. The summed E-state index contributed by atoms with van der Waals surface area (Å²) in [5.41, 5.74) is 2.42. The average molecular weight is 422 g/mol. The van der Waals surface area contributed by atoms with E-state index in [-0.39, 0.29) is 11.0 Å². The third-order valence-electron chi connectivity index (χ3n) is 4.67. The molecule has 0 aromatic heterocycles. The SMILES string of the molecule is C[C@@H]1CCCCN1c1ccc(NC(=S)NC(=O)c2ccc(Cl)c(Cl)c2)cc1. The van der Waals surface area contributed by atoms with E-state index in [0.717, 1.165) is 12.2 Å². The number of nitrogens with one attached hydrogen (secondary N) is 2. The van der Waals surface area contributed by atoms with E-state index >= 15 is 0 Å². The third kappa shape index (κ3) is 5.12. The van der Waals surface area contributed by atoms with Gasteiger partial charge < -0.3 is 10.2 Å². The lowest BCUT2D eigenvalue weighted by Crippen LogP contribution is -2.37. The van der Waals surface area contributed by atoms with Crippen LogP contribution in [0.5, 0.6) is 0 Å². The summed E-state index contributed by atoms with van der Waals surface area (Å²) < 4.78 is 0. The first kappa shape index (κ1) is 19.9. The molecule has 2 aromatic carbocycles. The van der Waals surface area contributed by atoms with Gasteiger partial charge in [-0.1, -0.05) is 23.2 Å². The highest BCUT2D eigenvalue weighted by molar-refractivity contribution is 7.80. The van der Waals surface area contributed by atoms with Gasteiger partial charge in [0, 0.05) is 29.5 Å². The van der Waals surface area contributed by atoms with Crippen LogP contribution in [0.2, 0.25) is 10.0 Å². The molecule has 1 saturated heterocycles. The first-order valence-electron chi connectivity index (χ1n) is 8.88. The Bertz CT molecular complexity index is 842. The van der Waals surface area contributed by atoms with Gasteiger partial charge in [-0.3, -0.25) is 10.1 Å². The van der Waals surface area contributed by atoms with Gasteiger partial charge >= 0.3 is 0 Å². The van der Waals surface area contributed by atoms with Crippen molar-refractivity contribution in [1.82, 2.24) is 5.32 Å². The topological polar surface area (TPSA) is 44.4 Å². The third-order valence-corrected chi connectivity index (χ3v) is 5.61. The maximum absolute atomic E-state index is 12.3. The minimum absolute atomic E-state index is 0.227. The van der Waals surface area contributed by atoms with Crippen LogP contribution in [0.4, 0.5) is 11.4 Å². The lowest BCUT2D eigenvalue weighted by Gasteiger charge is -2.35. The molecule has 0 spiro atoms. The van der Waals surface area contributed by atoms with Crippen LogP contribution in [-0.4, -0.2) is 23.6 Å². The summed E-state index contributed by atoms with van der Waals surface area (Å²) >= 11 is 17.1. The van der Waals surface area contributed by atoms with E-state index in [1.165, 1.54) is 31.0 Å². The molecule has 142 valence electrons. The zero-order valence-corrected chi connectivity index (χ0v) is 17.3. The van der Waals surface area contributed by atoms with Crippen molar-refractivity contribution in [1.29, 1.82) is 0 Å². The van der Waals surface area contributed by atoms with Gasteiger partial charge in [-0.15, -0.1) is 0 Å². The Morgan fingerprint density at radius 1 is 1.11 bits per heavy atom. The van der Waals surface area contributed by atoms with Crippen molar-refractivity contribution in [3.05, 3.63) is 58.1 Å². The molecule has 0 bridgehead atoms. The summed E-state index contributed by atoms with van der Waals surface area (Å²) in [5, 5.41) is 6.63. The molecule has 1 heterocycles. The van der Waals surface area contributed by atoms with Crippen molar-refractivity contribution in [3.8, 4) is 0 Å². The van der Waals surface area contributed by atoms with E-state index in [9.17, 15) is 4.79 Å². The van der Waals surface area contributed by atoms with Crippen LogP contribution in [0.25, 0.3) is 0 Å².